The highest BCUT2D eigenvalue weighted by Gasteiger charge is 2.55. The highest BCUT2D eigenvalue weighted by Crippen LogP contribution is 2.50. The molecule has 156 valence electrons. The summed E-state index contributed by atoms with van der Waals surface area (Å²) in [5.41, 5.74) is -0.751. The number of fused-ring (bicyclic) bond motifs is 1. The number of hydrogen-bond acceptors (Lipinski definition) is 7. The van der Waals surface area contributed by atoms with Crippen molar-refractivity contribution >= 4 is 23.2 Å². The number of aryl methyl sites for hydroxylation is 1. The predicted molar refractivity (Wildman–Crippen MR) is 104 cm³/mol. The van der Waals surface area contributed by atoms with Crippen LogP contribution in [0, 0.1) is 6.92 Å². The number of hydrogen-bond donors (Lipinski definition) is 1. The fraction of sp³-hybridized carbons (Fsp3) is 0.524. The van der Waals surface area contributed by atoms with Gasteiger partial charge in [0, 0.05) is 25.5 Å². The lowest BCUT2D eigenvalue weighted by Crippen LogP contribution is -2.45. The third-order valence-corrected chi connectivity index (χ3v) is 5.92. The van der Waals surface area contributed by atoms with Crippen LogP contribution in [-0.4, -0.2) is 48.4 Å². The van der Waals surface area contributed by atoms with Crippen molar-refractivity contribution in [3.8, 4) is 11.5 Å². The van der Waals surface area contributed by atoms with Crippen molar-refractivity contribution in [1.82, 2.24) is 0 Å². The van der Waals surface area contributed by atoms with Gasteiger partial charge in [-0.2, -0.15) is 0 Å². The number of allylic oxidation sites excluding steroid dienone is 1. The molecule has 1 fully saturated rings. The Hall–Kier alpha value is -2.09. The maximum atomic E-state index is 13.2. The topological polar surface area (TPSA) is 91.3 Å². The van der Waals surface area contributed by atoms with Gasteiger partial charge in [0.05, 0.1) is 11.6 Å². The summed E-state index contributed by atoms with van der Waals surface area (Å²) in [5, 5.41) is 10.6. The highest BCUT2D eigenvalue weighted by atomic mass is 35.5. The first-order valence-corrected chi connectivity index (χ1v) is 10.2. The van der Waals surface area contributed by atoms with E-state index in [9.17, 15) is 14.7 Å². The van der Waals surface area contributed by atoms with Gasteiger partial charge in [-0.3, -0.25) is 9.59 Å². The van der Waals surface area contributed by atoms with E-state index in [1.807, 2.05) is 0 Å². The Balaban J connectivity index is 1.53. The Bertz CT molecular complexity index is 872. The zero-order chi connectivity index (χ0) is 20.6. The van der Waals surface area contributed by atoms with Crippen LogP contribution in [0.2, 0.25) is 5.02 Å². The molecule has 1 spiro atoms. The molecular formula is C21H23ClO7. The van der Waals surface area contributed by atoms with Crippen LogP contribution < -0.4 is 9.47 Å². The monoisotopic (exact) mass is 422 g/mol. The quantitative estimate of drug-likeness (QED) is 0.723. The van der Waals surface area contributed by atoms with Gasteiger partial charge in [0.2, 0.25) is 11.4 Å². The lowest BCUT2D eigenvalue weighted by molar-refractivity contribution is -0.165. The number of halogens is 1. The van der Waals surface area contributed by atoms with E-state index in [0.29, 0.717) is 24.5 Å². The number of rotatable bonds is 5. The predicted octanol–water partition coefficient (Wildman–Crippen LogP) is 3.69. The SMILES string of the molecule is Cc1cc(OCCOC2CCCCO2)c2c(c1Cl)O[C@]1(CCC(=O)C=C1O)C2=O. The summed E-state index contributed by atoms with van der Waals surface area (Å²) < 4.78 is 22.9. The molecule has 2 aliphatic heterocycles. The summed E-state index contributed by atoms with van der Waals surface area (Å²) in [4.78, 5) is 24.8. The van der Waals surface area contributed by atoms with Crippen LogP contribution in [0.4, 0.5) is 0 Å². The van der Waals surface area contributed by atoms with Crippen LogP contribution in [0.1, 0.15) is 48.0 Å². The molecule has 0 aromatic heterocycles. The van der Waals surface area contributed by atoms with E-state index in [1.54, 1.807) is 13.0 Å². The summed E-state index contributed by atoms with van der Waals surface area (Å²) in [5.74, 6) is -0.602. The van der Waals surface area contributed by atoms with Gasteiger partial charge in [-0.05, 0) is 37.8 Å². The van der Waals surface area contributed by atoms with E-state index in [4.69, 9.17) is 30.5 Å². The normalized spacial score (nSPS) is 26.3. The summed E-state index contributed by atoms with van der Waals surface area (Å²) in [6.45, 7) is 3.00. The minimum Gasteiger partial charge on any atom is -0.507 e. The molecule has 2 atom stereocenters. The van der Waals surface area contributed by atoms with Gasteiger partial charge < -0.3 is 24.1 Å². The number of carbonyl (C=O) groups excluding carboxylic acids is 2. The number of benzene rings is 1. The Morgan fingerprint density at radius 2 is 2.14 bits per heavy atom. The van der Waals surface area contributed by atoms with Crippen LogP contribution in [0.25, 0.3) is 0 Å². The second-order valence-electron chi connectivity index (χ2n) is 7.48. The number of aliphatic hydroxyl groups is 1. The maximum Gasteiger partial charge on any atom is 0.228 e. The molecule has 8 heteroatoms. The van der Waals surface area contributed by atoms with E-state index in [1.165, 1.54) is 0 Å². The van der Waals surface area contributed by atoms with Crippen molar-refractivity contribution in [2.24, 2.45) is 0 Å². The van der Waals surface area contributed by atoms with Gasteiger partial charge in [0.15, 0.2) is 17.8 Å². The molecule has 0 saturated carbocycles. The van der Waals surface area contributed by atoms with E-state index < -0.39 is 17.1 Å². The van der Waals surface area contributed by atoms with Crippen molar-refractivity contribution in [2.75, 3.05) is 19.8 Å². The molecule has 1 aromatic rings. The largest absolute Gasteiger partial charge is 0.507 e. The van der Waals surface area contributed by atoms with Crippen molar-refractivity contribution in [3.05, 3.63) is 34.1 Å². The average molecular weight is 423 g/mol. The molecule has 0 amide bonds. The third kappa shape index (κ3) is 3.63. The Kier molecular flexibility index (Phi) is 5.55. The second-order valence-corrected chi connectivity index (χ2v) is 7.86. The summed E-state index contributed by atoms with van der Waals surface area (Å²) in [7, 11) is 0. The number of ether oxygens (including phenoxy) is 4. The zero-order valence-corrected chi connectivity index (χ0v) is 16.9. The fourth-order valence-electron chi connectivity index (χ4n) is 3.86. The van der Waals surface area contributed by atoms with E-state index >= 15 is 0 Å². The second kappa shape index (κ2) is 7.97. The van der Waals surface area contributed by atoms with E-state index in [-0.39, 0.29) is 47.9 Å². The van der Waals surface area contributed by atoms with Gasteiger partial charge in [0.25, 0.3) is 0 Å². The number of ketones is 2. The highest BCUT2D eigenvalue weighted by molar-refractivity contribution is 6.34. The van der Waals surface area contributed by atoms with Crippen molar-refractivity contribution in [3.63, 3.8) is 0 Å². The minimum atomic E-state index is -1.61. The van der Waals surface area contributed by atoms with Crippen molar-refractivity contribution in [1.29, 1.82) is 0 Å². The molecule has 29 heavy (non-hydrogen) atoms. The average Bonchev–Trinajstić information content (AvgIpc) is 3.01. The molecule has 1 aromatic carbocycles. The Morgan fingerprint density at radius 1 is 1.31 bits per heavy atom. The number of carbonyl (C=O) groups is 2. The first-order chi connectivity index (χ1) is 13.9. The van der Waals surface area contributed by atoms with Gasteiger partial charge in [0.1, 0.15) is 23.7 Å². The number of aliphatic hydroxyl groups excluding tert-OH is 1. The first kappa shape index (κ1) is 20.2. The molecule has 4 rings (SSSR count). The zero-order valence-electron chi connectivity index (χ0n) is 16.2. The molecule has 1 saturated heterocycles. The van der Waals surface area contributed by atoms with Gasteiger partial charge in [-0.25, -0.2) is 0 Å². The lowest BCUT2D eigenvalue weighted by Gasteiger charge is -2.28. The van der Waals surface area contributed by atoms with Crippen LogP contribution in [-0.2, 0) is 14.3 Å². The molecule has 1 unspecified atom stereocenters. The molecule has 3 aliphatic rings. The lowest BCUT2D eigenvalue weighted by atomic mass is 9.83. The van der Waals surface area contributed by atoms with E-state index in [0.717, 1.165) is 25.3 Å². The molecule has 0 radical (unpaired) electrons. The smallest absolute Gasteiger partial charge is 0.228 e. The van der Waals surface area contributed by atoms with Crippen molar-refractivity contribution < 1.29 is 33.6 Å². The number of Topliss-reactive ketones (excluding diaryl/α,β-unsaturated/α-hetero) is 1. The van der Waals surface area contributed by atoms with Crippen LogP contribution in [0.5, 0.6) is 11.5 Å². The summed E-state index contributed by atoms with van der Waals surface area (Å²) >= 11 is 6.38. The van der Waals surface area contributed by atoms with Crippen molar-refractivity contribution in [2.45, 2.75) is 50.9 Å². The molecule has 2 heterocycles. The molecular weight excluding hydrogens is 400 g/mol. The van der Waals surface area contributed by atoms with E-state index in [2.05, 4.69) is 0 Å². The van der Waals surface area contributed by atoms with Gasteiger partial charge in [-0.15, -0.1) is 0 Å². The summed E-state index contributed by atoms with van der Waals surface area (Å²) in [6.07, 6.45) is 3.96. The molecule has 0 bridgehead atoms. The maximum absolute atomic E-state index is 13.2. The molecule has 1 N–H and O–H groups in total. The fourth-order valence-corrected chi connectivity index (χ4v) is 4.04. The van der Waals surface area contributed by atoms with Crippen LogP contribution >= 0.6 is 11.6 Å². The first-order valence-electron chi connectivity index (χ1n) is 9.79. The molecule has 7 nitrogen and oxygen atoms in total. The third-order valence-electron chi connectivity index (χ3n) is 5.45. The van der Waals surface area contributed by atoms with Crippen LogP contribution in [0.15, 0.2) is 17.9 Å². The van der Waals surface area contributed by atoms with Crippen LogP contribution in [0.3, 0.4) is 0 Å². The summed E-state index contributed by atoms with van der Waals surface area (Å²) in [6, 6.07) is 1.67. The Labute approximate surface area is 173 Å². The molecule has 1 aliphatic carbocycles. The minimum absolute atomic E-state index is 0.0542. The standard InChI is InChI=1S/C21H23ClO7/c1-12-10-14(26-8-9-28-16-4-2-3-7-27-16)17-19(18(12)22)29-21(20(17)25)6-5-13(23)11-15(21)24/h10-11,16,24H,2-9H2,1H3/t16?,21-/m0/s1. The Morgan fingerprint density at radius 3 is 2.86 bits per heavy atom. The van der Waals surface area contributed by atoms with Gasteiger partial charge >= 0.3 is 0 Å². The van der Waals surface area contributed by atoms with Gasteiger partial charge in [-0.1, -0.05) is 11.6 Å².